The predicted octanol–water partition coefficient (Wildman–Crippen LogP) is 2.72. The Kier molecular flexibility index (Phi) is 5.32. The molecule has 0 spiro atoms. The first-order valence-corrected chi connectivity index (χ1v) is 8.66. The number of likely N-dealkylation sites (N-methyl/N-ethyl adjacent to an activating group) is 1. The highest BCUT2D eigenvalue weighted by Gasteiger charge is 2.34. The van der Waals surface area contributed by atoms with Gasteiger partial charge >= 0.3 is 6.09 Å². The van der Waals surface area contributed by atoms with Crippen molar-refractivity contribution < 1.29 is 14.3 Å². The van der Waals surface area contributed by atoms with Gasteiger partial charge in [-0.2, -0.15) is 0 Å². The lowest BCUT2D eigenvalue weighted by molar-refractivity contribution is 0.0694. The van der Waals surface area contributed by atoms with E-state index < -0.39 is 12.2 Å². The highest BCUT2D eigenvalue weighted by atomic mass is 35.5. The third-order valence-corrected chi connectivity index (χ3v) is 4.51. The third-order valence-electron chi connectivity index (χ3n) is 4.26. The quantitative estimate of drug-likeness (QED) is 0.609. The van der Waals surface area contributed by atoms with E-state index in [1.54, 1.807) is 55.6 Å². The lowest BCUT2D eigenvalue weighted by atomic mass is 10.1. The first-order valence-electron chi connectivity index (χ1n) is 8.29. The molecule has 0 aromatic heterocycles. The summed E-state index contributed by atoms with van der Waals surface area (Å²) < 4.78 is 5.39. The molecule has 1 saturated heterocycles. The van der Waals surface area contributed by atoms with Crippen molar-refractivity contribution in [2.24, 2.45) is 5.73 Å². The van der Waals surface area contributed by atoms with Crippen LogP contribution in [-0.2, 0) is 4.74 Å². The molecule has 1 atom stereocenters. The number of nitrogens with two attached hydrogens (primary N) is 1. The number of amidine groups is 1. The van der Waals surface area contributed by atoms with Crippen LogP contribution in [0.15, 0.2) is 48.5 Å². The SMILES string of the molecule is CN(CC1CN(c2cccc(C(=N)N)c2)C(=O)O1)C(=O)c1ccc(Cl)cc1. The van der Waals surface area contributed by atoms with Crippen molar-refractivity contribution in [2.75, 3.05) is 25.0 Å². The predicted molar refractivity (Wildman–Crippen MR) is 103 cm³/mol. The number of ether oxygens (including phenoxy) is 1. The number of hydrogen-bond donors (Lipinski definition) is 2. The lowest BCUT2D eigenvalue weighted by Crippen LogP contribution is -2.36. The highest BCUT2D eigenvalue weighted by Crippen LogP contribution is 2.23. The maximum atomic E-state index is 12.5. The molecule has 7 nitrogen and oxygen atoms in total. The summed E-state index contributed by atoms with van der Waals surface area (Å²) >= 11 is 5.85. The number of carbonyl (C=O) groups excluding carboxylic acids is 2. The monoisotopic (exact) mass is 386 g/mol. The number of nitrogens with zero attached hydrogens (tertiary/aromatic N) is 2. The molecule has 0 radical (unpaired) electrons. The van der Waals surface area contributed by atoms with Crippen LogP contribution in [0.4, 0.5) is 10.5 Å². The van der Waals surface area contributed by atoms with E-state index in [-0.39, 0.29) is 18.3 Å². The van der Waals surface area contributed by atoms with E-state index in [0.717, 1.165) is 0 Å². The standard InChI is InChI=1S/C19H19ClN4O3/c1-23(18(25)12-5-7-14(20)8-6-12)10-16-11-24(19(26)27-16)15-4-2-3-13(9-15)17(21)22/h2-9,16H,10-11H2,1H3,(H3,21,22). The van der Waals surface area contributed by atoms with Crippen LogP contribution in [0, 0.1) is 5.41 Å². The average Bonchev–Trinajstić information content (AvgIpc) is 3.02. The molecule has 27 heavy (non-hydrogen) atoms. The van der Waals surface area contributed by atoms with E-state index >= 15 is 0 Å². The maximum Gasteiger partial charge on any atom is 0.414 e. The van der Waals surface area contributed by atoms with Crippen molar-refractivity contribution in [3.05, 3.63) is 64.7 Å². The minimum Gasteiger partial charge on any atom is -0.442 e. The molecule has 3 rings (SSSR count). The maximum absolute atomic E-state index is 12.5. The van der Waals surface area contributed by atoms with E-state index in [4.69, 9.17) is 27.5 Å². The Morgan fingerprint density at radius 3 is 2.67 bits per heavy atom. The lowest BCUT2D eigenvalue weighted by Gasteiger charge is -2.20. The Morgan fingerprint density at radius 2 is 2.00 bits per heavy atom. The summed E-state index contributed by atoms with van der Waals surface area (Å²) in [7, 11) is 1.66. The number of rotatable bonds is 5. The van der Waals surface area contributed by atoms with Crippen LogP contribution in [0.1, 0.15) is 15.9 Å². The van der Waals surface area contributed by atoms with Crippen LogP contribution >= 0.6 is 11.6 Å². The number of nitrogens with one attached hydrogen (secondary N) is 1. The van der Waals surface area contributed by atoms with E-state index in [0.29, 0.717) is 28.4 Å². The minimum atomic E-state index is -0.493. The van der Waals surface area contributed by atoms with Crippen molar-refractivity contribution in [3.8, 4) is 0 Å². The van der Waals surface area contributed by atoms with Gasteiger partial charge in [0.1, 0.15) is 11.9 Å². The zero-order valence-electron chi connectivity index (χ0n) is 14.7. The number of hydrogen-bond acceptors (Lipinski definition) is 4. The molecule has 2 amide bonds. The largest absolute Gasteiger partial charge is 0.442 e. The van der Waals surface area contributed by atoms with E-state index in [2.05, 4.69) is 0 Å². The van der Waals surface area contributed by atoms with E-state index in [9.17, 15) is 9.59 Å². The molecule has 1 heterocycles. The van der Waals surface area contributed by atoms with Crippen LogP contribution in [0.2, 0.25) is 5.02 Å². The van der Waals surface area contributed by atoms with Gasteiger partial charge in [0.05, 0.1) is 13.1 Å². The van der Waals surface area contributed by atoms with Gasteiger partial charge in [-0.15, -0.1) is 0 Å². The van der Waals surface area contributed by atoms with Crippen LogP contribution in [-0.4, -0.2) is 49.0 Å². The third kappa shape index (κ3) is 4.20. The number of halogens is 1. The second-order valence-electron chi connectivity index (χ2n) is 6.27. The summed E-state index contributed by atoms with van der Waals surface area (Å²) in [6, 6.07) is 13.5. The van der Waals surface area contributed by atoms with Crippen LogP contribution in [0.5, 0.6) is 0 Å². The number of cyclic esters (lactones) is 1. The van der Waals surface area contributed by atoms with Crippen molar-refractivity contribution in [3.63, 3.8) is 0 Å². The summed E-state index contributed by atoms with van der Waals surface area (Å²) in [6.07, 6.45) is -0.951. The number of carbonyl (C=O) groups is 2. The molecule has 1 unspecified atom stereocenters. The minimum absolute atomic E-state index is 0.0748. The molecular weight excluding hydrogens is 368 g/mol. The van der Waals surface area contributed by atoms with Gasteiger partial charge in [0.15, 0.2) is 0 Å². The fourth-order valence-electron chi connectivity index (χ4n) is 2.87. The van der Waals surface area contributed by atoms with Gasteiger partial charge in [-0.3, -0.25) is 15.1 Å². The molecule has 3 N–H and O–H groups in total. The van der Waals surface area contributed by atoms with Crippen molar-refractivity contribution >= 4 is 35.1 Å². The van der Waals surface area contributed by atoms with Gasteiger partial charge in [-0.1, -0.05) is 23.7 Å². The molecule has 1 aliphatic heterocycles. The fraction of sp³-hybridized carbons (Fsp3) is 0.211. The number of benzene rings is 2. The number of amides is 2. The van der Waals surface area contributed by atoms with Gasteiger partial charge in [0, 0.05) is 28.9 Å². The van der Waals surface area contributed by atoms with Gasteiger partial charge in [0.25, 0.3) is 5.91 Å². The molecule has 2 aromatic carbocycles. The molecule has 1 fully saturated rings. The molecule has 2 aromatic rings. The first-order chi connectivity index (χ1) is 12.8. The summed E-state index contributed by atoms with van der Waals surface area (Å²) in [5.74, 6) is -0.256. The molecule has 0 saturated carbocycles. The van der Waals surface area contributed by atoms with E-state index in [1.165, 1.54) is 9.80 Å². The average molecular weight is 387 g/mol. The molecule has 0 bridgehead atoms. The van der Waals surface area contributed by atoms with Crippen LogP contribution in [0.25, 0.3) is 0 Å². The highest BCUT2D eigenvalue weighted by molar-refractivity contribution is 6.30. The molecule has 0 aliphatic carbocycles. The Labute approximate surface area is 161 Å². The topological polar surface area (TPSA) is 99.7 Å². The van der Waals surface area contributed by atoms with Gasteiger partial charge in [-0.25, -0.2) is 4.79 Å². The molecule has 1 aliphatic rings. The number of anilines is 1. The van der Waals surface area contributed by atoms with E-state index in [1.807, 2.05) is 0 Å². The molecule has 140 valence electrons. The van der Waals surface area contributed by atoms with Gasteiger partial charge in [-0.05, 0) is 36.4 Å². The van der Waals surface area contributed by atoms with Crippen molar-refractivity contribution in [1.29, 1.82) is 5.41 Å². The zero-order chi connectivity index (χ0) is 19.6. The number of nitrogen functional groups attached to an aromatic ring is 1. The van der Waals surface area contributed by atoms with Crippen LogP contribution in [0.3, 0.4) is 0 Å². The Hall–Kier alpha value is -3.06. The normalized spacial score (nSPS) is 16.1. The summed E-state index contributed by atoms with van der Waals surface area (Å²) in [6.45, 7) is 0.564. The van der Waals surface area contributed by atoms with Gasteiger partial charge < -0.3 is 15.4 Å². The Balaban J connectivity index is 1.66. The Bertz CT molecular complexity index is 885. The second kappa shape index (κ2) is 7.67. The fourth-order valence-corrected chi connectivity index (χ4v) is 3.00. The smallest absolute Gasteiger partial charge is 0.414 e. The molecule has 8 heteroatoms. The first kappa shape index (κ1) is 18.7. The Morgan fingerprint density at radius 1 is 1.30 bits per heavy atom. The summed E-state index contributed by atoms with van der Waals surface area (Å²) in [5, 5.41) is 8.08. The summed E-state index contributed by atoms with van der Waals surface area (Å²) in [4.78, 5) is 27.7. The second-order valence-corrected chi connectivity index (χ2v) is 6.71. The van der Waals surface area contributed by atoms with Crippen LogP contribution < -0.4 is 10.6 Å². The summed E-state index contributed by atoms with van der Waals surface area (Å²) in [5.41, 5.74) is 7.14. The van der Waals surface area contributed by atoms with Crippen molar-refractivity contribution in [2.45, 2.75) is 6.10 Å². The molecular formula is C19H19ClN4O3. The van der Waals surface area contributed by atoms with Gasteiger partial charge in [0.2, 0.25) is 0 Å². The van der Waals surface area contributed by atoms with Crippen molar-refractivity contribution in [1.82, 2.24) is 4.90 Å². The zero-order valence-corrected chi connectivity index (χ0v) is 15.4.